The third kappa shape index (κ3) is 4.09. The summed E-state index contributed by atoms with van der Waals surface area (Å²) in [6.45, 7) is 2.31. The van der Waals surface area contributed by atoms with Gasteiger partial charge in [0.05, 0.1) is 6.54 Å². The van der Waals surface area contributed by atoms with Crippen molar-refractivity contribution in [2.75, 3.05) is 12.8 Å². The fourth-order valence-electron chi connectivity index (χ4n) is 1.79. The highest BCUT2D eigenvalue weighted by Gasteiger charge is 2.11. The van der Waals surface area contributed by atoms with Gasteiger partial charge in [0, 0.05) is 11.3 Å². The summed E-state index contributed by atoms with van der Waals surface area (Å²) in [5.74, 6) is 0.126. The first-order chi connectivity index (χ1) is 8.10. The quantitative estimate of drug-likeness (QED) is 0.638. The second-order valence-corrected chi connectivity index (χ2v) is 5.89. The minimum atomic E-state index is 0.126. The Morgan fingerprint density at radius 1 is 1.53 bits per heavy atom. The molecule has 2 nitrogen and oxygen atoms in total. The molecule has 0 spiro atoms. The van der Waals surface area contributed by atoms with Crippen molar-refractivity contribution in [3.63, 3.8) is 0 Å². The van der Waals surface area contributed by atoms with Crippen LogP contribution in [0.4, 0.5) is 0 Å². The van der Waals surface area contributed by atoms with Crippen LogP contribution < -0.4 is 5.73 Å². The van der Waals surface area contributed by atoms with E-state index in [4.69, 9.17) is 5.73 Å². The molecule has 2 atom stereocenters. The van der Waals surface area contributed by atoms with Crippen LogP contribution in [0, 0.1) is 0 Å². The Labute approximate surface area is 110 Å². The number of hydrogen-bond acceptors (Lipinski definition) is 3. The Morgan fingerprint density at radius 3 is 2.76 bits per heavy atom. The minimum Gasteiger partial charge on any atom is -0.324 e. The highest BCUT2D eigenvalue weighted by atomic mass is 32.2. The Morgan fingerprint density at radius 2 is 2.24 bits per heavy atom. The molecule has 0 aliphatic carbocycles. The van der Waals surface area contributed by atoms with Gasteiger partial charge in [0.15, 0.2) is 0 Å². The molecule has 0 radical (unpaired) electrons. The molecule has 0 saturated carbocycles. The number of Topliss-reactive ketones (excluding diaryl/α,β-unsaturated/α-hetero) is 1. The lowest BCUT2D eigenvalue weighted by Crippen LogP contribution is -2.14. The van der Waals surface area contributed by atoms with E-state index in [-0.39, 0.29) is 12.3 Å². The molecule has 1 aromatic carbocycles. The highest BCUT2D eigenvalue weighted by Crippen LogP contribution is 2.34. The minimum absolute atomic E-state index is 0.126. The van der Waals surface area contributed by atoms with Crippen molar-refractivity contribution in [3.8, 4) is 0 Å². The summed E-state index contributed by atoms with van der Waals surface area (Å²) < 4.78 is 0. The molecule has 0 heterocycles. The van der Waals surface area contributed by atoms with Gasteiger partial charge in [-0.15, -0.1) is 21.0 Å². The molecule has 0 amide bonds. The van der Waals surface area contributed by atoms with Crippen molar-refractivity contribution in [3.05, 3.63) is 29.3 Å². The Bertz CT molecular complexity index is 393. The number of carbonyl (C=O) groups is 1. The third-order valence-electron chi connectivity index (χ3n) is 2.72. The topological polar surface area (TPSA) is 43.1 Å². The van der Waals surface area contributed by atoms with E-state index >= 15 is 0 Å². The molecule has 4 heteroatoms. The zero-order valence-electron chi connectivity index (χ0n) is 10.4. The lowest BCUT2D eigenvalue weighted by atomic mass is 10.0. The zero-order chi connectivity index (χ0) is 12.8. The Kier molecular flexibility index (Phi) is 6.18. The smallest absolute Gasteiger partial charge is 0.146 e. The molecule has 0 bridgehead atoms. The second-order valence-electron chi connectivity index (χ2n) is 4.07. The fourth-order valence-corrected chi connectivity index (χ4v) is 3.11. The van der Waals surface area contributed by atoms with Crippen LogP contribution in [0.2, 0.25) is 0 Å². The number of nitrogens with two attached hydrogens (primary N) is 1. The van der Waals surface area contributed by atoms with Crippen molar-refractivity contribution in [2.24, 2.45) is 5.73 Å². The van der Waals surface area contributed by atoms with Gasteiger partial charge in [0.1, 0.15) is 5.78 Å². The monoisotopic (exact) mass is 269 g/mol. The summed E-state index contributed by atoms with van der Waals surface area (Å²) in [6, 6.07) is 6.32. The van der Waals surface area contributed by atoms with Crippen molar-refractivity contribution in [1.82, 2.24) is 0 Å². The summed E-state index contributed by atoms with van der Waals surface area (Å²) >= 11 is 1.75. The summed E-state index contributed by atoms with van der Waals surface area (Å²) in [5, 5.41) is 0. The zero-order valence-corrected chi connectivity index (χ0v) is 12.4. The molecule has 0 saturated heterocycles. The van der Waals surface area contributed by atoms with Crippen molar-refractivity contribution in [2.45, 2.75) is 30.3 Å². The number of rotatable bonds is 6. The van der Waals surface area contributed by atoms with Crippen LogP contribution in [-0.4, -0.2) is 18.6 Å². The number of thioether (sulfide) groups is 1. The van der Waals surface area contributed by atoms with Crippen molar-refractivity contribution in [1.29, 1.82) is 0 Å². The average molecular weight is 269 g/mol. The maximum Gasteiger partial charge on any atom is 0.146 e. The molecular weight excluding hydrogens is 249 g/mol. The molecule has 0 fully saturated rings. The van der Waals surface area contributed by atoms with E-state index in [0.29, 0.717) is 12.1 Å². The van der Waals surface area contributed by atoms with Gasteiger partial charge >= 0.3 is 0 Å². The first kappa shape index (κ1) is 14.7. The van der Waals surface area contributed by atoms with E-state index < -0.39 is 0 Å². The van der Waals surface area contributed by atoms with Gasteiger partial charge in [-0.05, 0) is 29.5 Å². The molecule has 0 aromatic heterocycles. The van der Waals surface area contributed by atoms with Crippen LogP contribution >= 0.6 is 21.0 Å². The van der Waals surface area contributed by atoms with Crippen LogP contribution in [0.5, 0.6) is 0 Å². The Balaban J connectivity index is 2.91. The van der Waals surface area contributed by atoms with Gasteiger partial charge < -0.3 is 5.73 Å². The van der Waals surface area contributed by atoms with Gasteiger partial charge in [0.2, 0.25) is 0 Å². The number of carbonyl (C=O) groups excluding carboxylic acids is 1. The highest BCUT2D eigenvalue weighted by molar-refractivity contribution is 7.98. The average Bonchev–Trinajstić information content (AvgIpc) is 2.34. The first-order valence-corrected chi connectivity index (χ1v) is 7.62. The lowest BCUT2D eigenvalue weighted by Gasteiger charge is -2.15. The number of benzene rings is 1. The number of aryl methyl sites for hydroxylation is 1. The number of ketones is 1. The third-order valence-corrected chi connectivity index (χ3v) is 3.99. The van der Waals surface area contributed by atoms with E-state index in [9.17, 15) is 4.79 Å². The molecule has 2 unspecified atom stereocenters. The van der Waals surface area contributed by atoms with Crippen LogP contribution in [0.1, 0.15) is 30.1 Å². The van der Waals surface area contributed by atoms with Gasteiger partial charge in [-0.25, -0.2) is 0 Å². The molecule has 1 aromatic rings. The largest absolute Gasteiger partial charge is 0.324 e. The van der Waals surface area contributed by atoms with Gasteiger partial charge in [0.25, 0.3) is 0 Å². The maximum atomic E-state index is 11.3. The predicted octanol–water partition coefficient (Wildman–Crippen LogP) is 2.81. The van der Waals surface area contributed by atoms with Crippen LogP contribution in [0.25, 0.3) is 0 Å². The molecule has 0 aliphatic heterocycles. The van der Waals surface area contributed by atoms with E-state index in [1.165, 1.54) is 16.0 Å². The fraction of sp³-hybridized carbons (Fsp3) is 0.462. The molecule has 2 N–H and O–H groups in total. The SMILES string of the molecule is CSc1c(CCC(=O)CN)cccc1C(C)P. The molecule has 1 rings (SSSR count). The van der Waals surface area contributed by atoms with Gasteiger partial charge in [-0.1, -0.05) is 25.1 Å². The second kappa shape index (κ2) is 7.15. The predicted molar refractivity (Wildman–Crippen MR) is 78.7 cm³/mol. The standard InChI is InChI=1S/C13H20NOPS/c1-9(16)12-5-3-4-10(13(12)17-2)6-7-11(15)8-14/h3-5,9H,6-8,14,16H2,1-2H3. The van der Waals surface area contributed by atoms with E-state index in [2.05, 4.69) is 40.6 Å². The maximum absolute atomic E-state index is 11.3. The van der Waals surface area contributed by atoms with E-state index in [0.717, 1.165) is 6.42 Å². The normalized spacial score (nSPS) is 12.5. The van der Waals surface area contributed by atoms with Gasteiger partial charge in [-0.2, -0.15) is 0 Å². The van der Waals surface area contributed by atoms with Gasteiger partial charge in [-0.3, -0.25) is 4.79 Å². The first-order valence-electron chi connectivity index (χ1n) is 5.73. The number of hydrogen-bond donors (Lipinski definition) is 1. The molecular formula is C13H20NOPS. The summed E-state index contributed by atoms with van der Waals surface area (Å²) in [4.78, 5) is 12.6. The Hall–Kier alpha value is -0.370. The summed E-state index contributed by atoms with van der Waals surface area (Å²) in [7, 11) is 2.82. The van der Waals surface area contributed by atoms with E-state index in [1.54, 1.807) is 11.8 Å². The molecule has 0 aliphatic rings. The molecule has 94 valence electrons. The van der Waals surface area contributed by atoms with Crippen LogP contribution in [0.15, 0.2) is 23.1 Å². The summed E-state index contributed by atoms with van der Waals surface area (Å²) in [5.41, 5.74) is 8.35. The van der Waals surface area contributed by atoms with Crippen LogP contribution in [-0.2, 0) is 11.2 Å². The van der Waals surface area contributed by atoms with Crippen molar-refractivity contribution >= 4 is 26.8 Å². The lowest BCUT2D eigenvalue weighted by molar-refractivity contribution is -0.117. The van der Waals surface area contributed by atoms with Crippen LogP contribution in [0.3, 0.4) is 0 Å². The molecule has 17 heavy (non-hydrogen) atoms. The van der Waals surface area contributed by atoms with Crippen molar-refractivity contribution < 1.29 is 4.79 Å². The van der Waals surface area contributed by atoms with E-state index in [1.807, 2.05) is 0 Å². The summed E-state index contributed by atoms with van der Waals surface area (Å²) in [6.07, 6.45) is 3.41.